The normalized spacial score (nSPS) is 17.5. The summed E-state index contributed by atoms with van der Waals surface area (Å²) in [5.41, 5.74) is 7.71. The summed E-state index contributed by atoms with van der Waals surface area (Å²) in [6.45, 7) is 1.19. The van der Waals surface area contributed by atoms with Gasteiger partial charge in [-0.25, -0.2) is 4.68 Å². The molecule has 0 atom stereocenters. The Kier molecular flexibility index (Phi) is 4.50. The lowest BCUT2D eigenvalue weighted by molar-refractivity contribution is 0.170. The molecule has 0 amide bonds. The molecule has 1 aliphatic carbocycles. The molecule has 0 unspecified atom stereocenters. The SMILES string of the molecule is COCc1c(CCN)nnn1C1CCCCC1. The Hall–Kier alpha value is -0.940. The van der Waals surface area contributed by atoms with Gasteiger partial charge in [0.05, 0.1) is 24.0 Å². The number of nitrogens with zero attached hydrogens (tertiary/aromatic N) is 3. The molecule has 0 radical (unpaired) electrons. The lowest BCUT2D eigenvalue weighted by Crippen LogP contribution is -2.17. The number of rotatable bonds is 5. The smallest absolute Gasteiger partial charge is 0.0900 e. The molecule has 1 saturated carbocycles. The first kappa shape index (κ1) is 12.5. The third-order valence-corrected chi connectivity index (χ3v) is 3.45. The van der Waals surface area contributed by atoms with Crippen LogP contribution >= 0.6 is 0 Å². The van der Waals surface area contributed by atoms with Crippen LogP contribution in [0.25, 0.3) is 0 Å². The summed E-state index contributed by atoms with van der Waals surface area (Å²) in [7, 11) is 1.71. The zero-order valence-corrected chi connectivity index (χ0v) is 10.6. The van der Waals surface area contributed by atoms with Crippen LogP contribution < -0.4 is 5.73 Å². The number of hydrogen-bond donors (Lipinski definition) is 1. The molecule has 1 heterocycles. The second kappa shape index (κ2) is 6.12. The fraction of sp³-hybridized carbons (Fsp3) is 0.833. The van der Waals surface area contributed by atoms with Gasteiger partial charge in [0.25, 0.3) is 0 Å². The predicted octanol–water partition coefficient (Wildman–Crippen LogP) is 1.43. The van der Waals surface area contributed by atoms with E-state index in [1.54, 1.807) is 7.11 Å². The number of hydrogen-bond acceptors (Lipinski definition) is 4. The molecular formula is C12H22N4O. The second-order valence-electron chi connectivity index (χ2n) is 4.69. The van der Waals surface area contributed by atoms with E-state index in [9.17, 15) is 0 Å². The van der Waals surface area contributed by atoms with Gasteiger partial charge in [0.1, 0.15) is 0 Å². The van der Waals surface area contributed by atoms with Crippen molar-refractivity contribution >= 4 is 0 Å². The summed E-state index contributed by atoms with van der Waals surface area (Å²) in [5, 5.41) is 8.56. The molecule has 5 heteroatoms. The number of ether oxygens (including phenoxy) is 1. The molecule has 0 spiro atoms. The van der Waals surface area contributed by atoms with Crippen LogP contribution in [0.3, 0.4) is 0 Å². The molecule has 5 nitrogen and oxygen atoms in total. The summed E-state index contributed by atoms with van der Waals surface area (Å²) in [6, 6.07) is 0.507. The van der Waals surface area contributed by atoms with Gasteiger partial charge in [0, 0.05) is 13.5 Å². The van der Waals surface area contributed by atoms with E-state index in [2.05, 4.69) is 15.0 Å². The van der Waals surface area contributed by atoms with Crippen molar-refractivity contribution in [3.8, 4) is 0 Å². The molecule has 2 rings (SSSR count). The van der Waals surface area contributed by atoms with E-state index in [0.29, 0.717) is 19.2 Å². The molecule has 17 heavy (non-hydrogen) atoms. The first-order valence-corrected chi connectivity index (χ1v) is 6.48. The summed E-state index contributed by atoms with van der Waals surface area (Å²) >= 11 is 0. The van der Waals surface area contributed by atoms with Crippen LogP contribution in [-0.4, -0.2) is 28.6 Å². The molecule has 1 aromatic heterocycles. The number of methoxy groups -OCH3 is 1. The van der Waals surface area contributed by atoms with Crippen molar-refractivity contribution in [2.75, 3.05) is 13.7 Å². The quantitative estimate of drug-likeness (QED) is 0.842. The zero-order valence-electron chi connectivity index (χ0n) is 10.6. The van der Waals surface area contributed by atoms with Gasteiger partial charge in [0.15, 0.2) is 0 Å². The highest BCUT2D eigenvalue weighted by Crippen LogP contribution is 2.29. The minimum absolute atomic E-state index is 0.507. The Morgan fingerprint density at radius 2 is 2.12 bits per heavy atom. The van der Waals surface area contributed by atoms with Crippen LogP contribution in [0.15, 0.2) is 0 Å². The molecule has 96 valence electrons. The molecule has 0 bridgehead atoms. The highest BCUT2D eigenvalue weighted by molar-refractivity contribution is 5.10. The van der Waals surface area contributed by atoms with E-state index >= 15 is 0 Å². The minimum Gasteiger partial charge on any atom is -0.378 e. The first-order chi connectivity index (χ1) is 8.36. The Bertz CT molecular complexity index is 344. The van der Waals surface area contributed by atoms with Gasteiger partial charge in [-0.1, -0.05) is 24.5 Å². The van der Waals surface area contributed by atoms with Gasteiger partial charge in [-0.2, -0.15) is 0 Å². The van der Waals surface area contributed by atoms with Gasteiger partial charge < -0.3 is 10.5 Å². The summed E-state index contributed by atoms with van der Waals surface area (Å²) < 4.78 is 7.34. The van der Waals surface area contributed by atoms with Gasteiger partial charge in [-0.15, -0.1) is 5.10 Å². The third kappa shape index (κ3) is 2.84. The van der Waals surface area contributed by atoms with Gasteiger partial charge >= 0.3 is 0 Å². The summed E-state index contributed by atoms with van der Waals surface area (Å²) in [4.78, 5) is 0. The second-order valence-corrected chi connectivity index (χ2v) is 4.69. The molecule has 0 aromatic carbocycles. The van der Waals surface area contributed by atoms with Gasteiger partial charge in [-0.3, -0.25) is 0 Å². The minimum atomic E-state index is 0.507. The van der Waals surface area contributed by atoms with Gasteiger partial charge in [0.2, 0.25) is 0 Å². The number of aromatic nitrogens is 3. The van der Waals surface area contributed by atoms with Crippen molar-refractivity contribution in [1.82, 2.24) is 15.0 Å². The Morgan fingerprint density at radius 1 is 1.35 bits per heavy atom. The molecule has 2 N–H and O–H groups in total. The van der Waals surface area contributed by atoms with Crippen molar-refractivity contribution in [3.05, 3.63) is 11.4 Å². The lowest BCUT2D eigenvalue weighted by Gasteiger charge is -2.23. The standard InChI is InChI=1S/C12H22N4O/c1-17-9-12-11(7-8-13)14-15-16(12)10-5-3-2-4-6-10/h10H,2-9,13H2,1H3. The molecule has 0 saturated heterocycles. The largest absolute Gasteiger partial charge is 0.378 e. The Labute approximate surface area is 102 Å². The van der Waals surface area contributed by atoms with Crippen molar-refractivity contribution in [3.63, 3.8) is 0 Å². The zero-order chi connectivity index (χ0) is 12.1. The van der Waals surface area contributed by atoms with Crippen LogP contribution in [-0.2, 0) is 17.8 Å². The van der Waals surface area contributed by atoms with E-state index < -0.39 is 0 Å². The van der Waals surface area contributed by atoms with Crippen LogP contribution in [0.5, 0.6) is 0 Å². The average Bonchev–Trinajstić information content (AvgIpc) is 2.75. The molecule has 1 aromatic rings. The van der Waals surface area contributed by atoms with Crippen LogP contribution in [0.4, 0.5) is 0 Å². The van der Waals surface area contributed by atoms with Crippen molar-refractivity contribution in [1.29, 1.82) is 0 Å². The average molecular weight is 238 g/mol. The maximum absolute atomic E-state index is 5.60. The highest BCUT2D eigenvalue weighted by atomic mass is 16.5. The first-order valence-electron chi connectivity index (χ1n) is 6.48. The monoisotopic (exact) mass is 238 g/mol. The molecule has 1 aliphatic rings. The highest BCUT2D eigenvalue weighted by Gasteiger charge is 2.21. The third-order valence-electron chi connectivity index (χ3n) is 3.45. The maximum atomic E-state index is 5.60. The Balaban J connectivity index is 2.19. The van der Waals surface area contributed by atoms with E-state index in [1.807, 2.05) is 0 Å². The molecule has 1 fully saturated rings. The fourth-order valence-corrected chi connectivity index (χ4v) is 2.58. The van der Waals surface area contributed by atoms with Crippen LogP contribution in [0.1, 0.15) is 49.5 Å². The number of nitrogens with two attached hydrogens (primary N) is 1. The maximum Gasteiger partial charge on any atom is 0.0900 e. The van der Waals surface area contributed by atoms with E-state index in [4.69, 9.17) is 10.5 Å². The topological polar surface area (TPSA) is 66.0 Å². The van der Waals surface area contributed by atoms with Crippen LogP contribution in [0, 0.1) is 0 Å². The van der Waals surface area contributed by atoms with Crippen molar-refractivity contribution < 1.29 is 4.74 Å². The van der Waals surface area contributed by atoms with Crippen molar-refractivity contribution in [2.45, 2.75) is 51.2 Å². The summed E-state index contributed by atoms with van der Waals surface area (Å²) in [5.74, 6) is 0. The van der Waals surface area contributed by atoms with E-state index in [1.165, 1.54) is 32.1 Å². The molecule has 0 aliphatic heterocycles. The predicted molar refractivity (Wildman–Crippen MR) is 65.6 cm³/mol. The van der Waals surface area contributed by atoms with Crippen molar-refractivity contribution in [2.24, 2.45) is 5.73 Å². The fourth-order valence-electron chi connectivity index (χ4n) is 2.58. The van der Waals surface area contributed by atoms with Crippen LogP contribution in [0.2, 0.25) is 0 Å². The molecular weight excluding hydrogens is 216 g/mol. The van der Waals surface area contributed by atoms with E-state index in [-0.39, 0.29) is 0 Å². The lowest BCUT2D eigenvalue weighted by atomic mass is 9.95. The summed E-state index contributed by atoms with van der Waals surface area (Å²) in [6.07, 6.45) is 7.14. The van der Waals surface area contributed by atoms with E-state index in [0.717, 1.165) is 17.8 Å². The Morgan fingerprint density at radius 3 is 2.76 bits per heavy atom. The van der Waals surface area contributed by atoms with Gasteiger partial charge in [-0.05, 0) is 19.4 Å².